The number of nitrogens with one attached hydrogen (secondary N) is 1. The molecule has 2 amide bonds. The lowest BCUT2D eigenvalue weighted by atomic mass is 10.2. The van der Waals surface area contributed by atoms with E-state index >= 15 is 0 Å². The van der Waals surface area contributed by atoms with Gasteiger partial charge in [-0.3, -0.25) is 9.59 Å². The molecule has 0 fully saturated rings. The third kappa shape index (κ3) is 5.82. The van der Waals surface area contributed by atoms with E-state index in [0.717, 1.165) is 0 Å². The molecule has 150 valence electrons. The molecule has 0 atom stereocenters. The molecule has 2 aromatic carbocycles. The van der Waals surface area contributed by atoms with Gasteiger partial charge in [-0.05, 0) is 30.3 Å². The Morgan fingerprint density at radius 3 is 2.14 bits per heavy atom. The fourth-order valence-corrected chi connectivity index (χ4v) is 3.28. The number of halogens is 4. The van der Waals surface area contributed by atoms with E-state index in [9.17, 15) is 9.59 Å². The van der Waals surface area contributed by atoms with E-state index in [-0.39, 0.29) is 45.3 Å². The van der Waals surface area contributed by atoms with Crippen LogP contribution in [0.1, 0.15) is 6.42 Å². The Balaban J connectivity index is 2.21. The molecule has 0 saturated heterocycles. The molecule has 28 heavy (non-hydrogen) atoms. The highest BCUT2D eigenvalue weighted by Crippen LogP contribution is 2.41. The summed E-state index contributed by atoms with van der Waals surface area (Å²) in [5.74, 6) is -0.246. The molecule has 0 aliphatic carbocycles. The molecule has 0 spiro atoms. The predicted octanol–water partition coefficient (Wildman–Crippen LogP) is 4.63. The van der Waals surface area contributed by atoms with Gasteiger partial charge in [0, 0.05) is 18.7 Å². The Labute approximate surface area is 182 Å². The minimum atomic E-state index is -0.480. The van der Waals surface area contributed by atoms with E-state index in [1.165, 1.54) is 6.07 Å². The minimum absolute atomic E-state index is 0.0732. The number of nitrogens with zero attached hydrogens (tertiary/aromatic N) is 1. The van der Waals surface area contributed by atoms with E-state index in [4.69, 9.17) is 56.9 Å². The van der Waals surface area contributed by atoms with Crippen LogP contribution in [0.2, 0.25) is 20.1 Å². The van der Waals surface area contributed by atoms with Crippen molar-refractivity contribution in [3.8, 4) is 5.75 Å². The number of rotatable bonds is 8. The highest BCUT2D eigenvalue weighted by atomic mass is 35.5. The fourth-order valence-electron chi connectivity index (χ4n) is 2.37. The molecule has 0 unspecified atom stereocenters. The molecule has 0 aliphatic heterocycles. The summed E-state index contributed by atoms with van der Waals surface area (Å²) in [6.07, 6.45) is 0.0732. The van der Waals surface area contributed by atoms with Gasteiger partial charge in [-0.2, -0.15) is 0 Å². The SMILES string of the molecule is COc1ccc(N(CCC(N)=O)CC(=O)Nc2c(Cl)c(Cl)cc(Cl)c2Cl)cc1. The van der Waals surface area contributed by atoms with Crippen molar-refractivity contribution in [1.82, 2.24) is 0 Å². The quantitative estimate of drug-likeness (QED) is 0.557. The van der Waals surface area contributed by atoms with Crippen LogP contribution in [-0.4, -0.2) is 32.0 Å². The third-order valence-electron chi connectivity index (χ3n) is 3.78. The van der Waals surface area contributed by atoms with Crippen molar-refractivity contribution in [1.29, 1.82) is 0 Å². The van der Waals surface area contributed by atoms with Gasteiger partial charge in [0.15, 0.2) is 0 Å². The second-order valence-electron chi connectivity index (χ2n) is 5.73. The second-order valence-corrected chi connectivity index (χ2v) is 7.30. The highest BCUT2D eigenvalue weighted by molar-refractivity contribution is 6.50. The normalized spacial score (nSPS) is 10.5. The summed E-state index contributed by atoms with van der Waals surface area (Å²) in [5, 5.41) is 3.10. The van der Waals surface area contributed by atoms with Crippen LogP contribution in [0.15, 0.2) is 30.3 Å². The lowest BCUT2D eigenvalue weighted by Gasteiger charge is -2.24. The summed E-state index contributed by atoms with van der Waals surface area (Å²) < 4.78 is 5.13. The van der Waals surface area contributed by atoms with Crippen LogP contribution in [0.5, 0.6) is 5.75 Å². The molecular weight excluding hydrogens is 448 g/mol. The summed E-state index contributed by atoms with van der Waals surface area (Å²) in [5.41, 5.74) is 6.07. The number of hydrogen-bond acceptors (Lipinski definition) is 4. The largest absolute Gasteiger partial charge is 0.497 e. The average molecular weight is 465 g/mol. The first kappa shape index (κ1) is 22.4. The zero-order valence-corrected chi connectivity index (χ0v) is 17.8. The molecule has 6 nitrogen and oxygen atoms in total. The molecule has 0 heterocycles. The van der Waals surface area contributed by atoms with Crippen molar-refractivity contribution in [2.45, 2.75) is 6.42 Å². The van der Waals surface area contributed by atoms with Crippen molar-refractivity contribution in [2.24, 2.45) is 5.73 Å². The van der Waals surface area contributed by atoms with Gasteiger partial charge < -0.3 is 20.7 Å². The van der Waals surface area contributed by atoms with Crippen LogP contribution in [0, 0.1) is 0 Å². The number of amides is 2. The van der Waals surface area contributed by atoms with Crippen molar-refractivity contribution in [3.63, 3.8) is 0 Å². The molecule has 2 rings (SSSR count). The van der Waals surface area contributed by atoms with Gasteiger partial charge in [0.1, 0.15) is 5.75 Å². The first-order valence-electron chi connectivity index (χ1n) is 8.03. The van der Waals surface area contributed by atoms with Gasteiger partial charge in [-0.25, -0.2) is 0 Å². The highest BCUT2D eigenvalue weighted by Gasteiger charge is 2.19. The van der Waals surface area contributed by atoms with Gasteiger partial charge in [-0.1, -0.05) is 46.4 Å². The van der Waals surface area contributed by atoms with Gasteiger partial charge in [0.2, 0.25) is 11.8 Å². The van der Waals surface area contributed by atoms with E-state index in [0.29, 0.717) is 11.4 Å². The Morgan fingerprint density at radius 1 is 1.07 bits per heavy atom. The number of benzene rings is 2. The number of nitrogens with two attached hydrogens (primary N) is 1. The van der Waals surface area contributed by atoms with Crippen LogP contribution in [0.4, 0.5) is 11.4 Å². The number of carbonyl (C=O) groups excluding carboxylic acids is 2. The first-order valence-corrected chi connectivity index (χ1v) is 9.54. The molecule has 0 aliphatic rings. The Kier molecular flexibility index (Phi) is 8.07. The zero-order valence-electron chi connectivity index (χ0n) is 14.8. The maximum Gasteiger partial charge on any atom is 0.243 e. The summed E-state index contributed by atoms with van der Waals surface area (Å²) in [6, 6.07) is 8.41. The van der Waals surface area contributed by atoms with Crippen molar-refractivity contribution in [3.05, 3.63) is 50.4 Å². The predicted molar refractivity (Wildman–Crippen MR) is 114 cm³/mol. The molecule has 0 saturated carbocycles. The number of anilines is 2. The maximum absolute atomic E-state index is 12.6. The van der Waals surface area contributed by atoms with Crippen LogP contribution in [0.3, 0.4) is 0 Å². The van der Waals surface area contributed by atoms with Gasteiger partial charge in [-0.15, -0.1) is 0 Å². The van der Waals surface area contributed by atoms with E-state index in [1.807, 2.05) is 0 Å². The molecule has 2 aromatic rings. The summed E-state index contributed by atoms with van der Waals surface area (Å²) >= 11 is 24.2. The lowest BCUT2D eigenvalue weighted by molar-refractivity contribution is -0.118. The van der Waals surface area contributed by atoms with E-state index in [1.54, 1.807) is 36.3 Å². The zero-order chi connectivity index (χ0) is 20.8. The molecule has 3 N–H and O–H groups in total. The molecule has 10 heteroatoms. The average Bonchev–Trinajstić information content (AvgIpc) is 2.67. The molecule has 0 radical (unpaired) electrons. The minimum Gasteiger partial charge on any atom is -0.497 e. The summed E-state index contributed by atoms with van der Waals surface area (Å²) in [7, 11) is 1.55. The van der Waals surface area contributed by atoms with Crippen LogP contribution >= 0.6 is 46.4 Å². The van der Waals surface area contributed by atoms with Crippen LogP contribution in [0.25, 0.3) is 0 Å². The Bertz CT molecular complexity index is 849. The fraction of sp³-hybridized carbons (Fsp3) is 0.222. The summed E-state index contributed by atoms with van der Waals surface area (Å²) in [4.78, 5) is 25.5. The van der Waals surface area contributed by atoms with Gasteiger partial charge in [0.05, 0.1) is 39.4 Å². The first-order chi connectivity index (χ1) is 13.2. The number of carbonyl (C=O) groups is 2. The van der Waals surface area contributed by atoms with Crippen molar-refractivity contribution < 1.29 is 14.3 Å². The number of hydrogen-bond donors (Lipinski definition) is 2. The second kappa shape index (κ2) is 10.1. The standard InChI is InChI=1S/C18H17Cl4N3O3/c1-28-11-4-2-10(3-5-11)25(7-6-14(23)26)9-15(27)24-18-16(21)12(19)8-13(20)17(18)22/h2-5,8H,6-7,9H2,1H3,(H2,23,26)(H,24,27). The van der Waals surface area contributed by atoms with Crippen LogP contribution < -0.4 is 20.7 Å². The van der Waals surface area contributed by atoms with Crippen LogP contribution in [-0.2, 0) is 9.59 Å². The van der Waals surface area contributed by atoms with E-state index in [2.05, 4.69) is 5.32 Å². The lowest BCUT2D eigenvalue weighted by Crippen LogP contribution is -2.35. The third-order valence-corrected chi connectivity index (χ3v) is 5.35. The molecular formula is C18H17Cl4N3O3. The molecule has 0 aromatic heterocycles. The topological polar surface area (TPSA) is 84.7 Å². The van der Waals surface area contributed by atoms with Gasteiger partial charge in [0.25, 0.3) is 0 Å². The maximum atomic E-state index is 12.6. The van der Waals surface area contributed by atoms with E-state index < -0.39 is 11.8 Å². The Morgan fingerprint density at radius 2 is 1.64 bits per heavy atom. The molecule has 0 bridgehead atoms. The van der Waals surface area contributed by atoms with Crippen molar-refractivity contribution >= 4 is 69.6 Å². The number of primary amides is 1. The smallest absolute Gasteiger partial charge is 0.243 e. The number of methoxy groups -OCH3 is 1. The monoisotopic (exact) mass is 463 g/mol. The number of ether oxygens (including phenoxy) is 1. The Hall–Kier alpha value is -1.86. The van der Waals surface area contributed by atoms with Crippen molar-refractivity contribution in [2.75, 3.05) is 30.4 Å². The van der Waals surface area contributed by atoms with Gasteiger partial charge >= 0.3 is 0 Å². The summed E-state index contributed by atoms with van der Waals surface area (Å²) in [6.45, 7) is 0.156.